The van der Waals surface area contributed by atoms with Crippen LogP contribution in [-0.4, -0.2) is 72.8 Å². The first-order chi connectivity index (χ1) is 23.6. The van der Waals surface area contributed by atoms with Gasteiger partial charge in [-0.3, -0.25) is 14.9 Å². The number of rotatable bonds is 7. The van der Waals surface area contributed by atoms with Crippen LogP contribution < -0.4 is 15.5 Å². The summed E-state index contributed by atoms with van der Waals surface area (Å²) >= 11 is 0. The van der Waals surface area contributed by atoms with Crippen molar-refractivity contribution < 1.29 is 33.4 Å². The fourth-order valence-corrected chi connectivity index (χ4v) is 6.30. The second kappa shape index (κ2) is 14.9. The molecule has 3 aromatic rings. The Balaban J connectivity index is 1.42. The summed E-state index contributed by atoms with van der Waals surface area (Å²) < 4.78 is 16.4. The highest BCUT2D eigenvalue weighted by Crippen LogP contribution is 2.38. The smallest absolute Gasteiger partial charge is 0.412 e. The van der Waals surface area contributed by atoms with E-state index in [-0.39, 0.29) is 17.9 Å². The van der Waals surface area contributed by atoms with E-state index in [4.69, 9.17) is 14.2 Å². The molecule has 1 saturated heterocycles. The Hall–Kier alpha value is -4.90. The van der Waals surface area contributed by atoms with Gasteiger partial charge >= 0.3 is 12.1 Å². The van der Waals surface area contributed by atoms with Crippen LogP contribution >= 0.6 is 0 Å². The number of hydrogen-bond acceptors (Lipinski definition) is 8. The number of methoxy groups -OCH3 is 1. The molecule has 50 heavy (non-hydrogen) atoms. The van der Waals surface area contributed by atoms with Crippen molar-refractivity contribution in [1.29, 1.82) is 0 Å². The van der Waals surface area contributed by atoms with E-state index in [9.17, 15) is 19.2 Å². The number of hydrogen-bond donors (Lipinski definition) is 2. The Morgan fingerprint density at radius 1 is 0.720 bits per heavy atom. The van der Waals surface area contributed by atoms with Crippen LogP contribution in [0.15, 0.2) is 66.7 Å². The molecule has 3 aromatic carbocycles. The largest absolute Gasteiger partial charge is 0.456 e. The highest BCUT2D eigenvalue weighted by atomic mass is 16.6. The number of piperidine rings is 1. The number of anilines is 3. The molecule has 1 fully saturated rings. The number of ether oxygens (including phenoxy) is 3. The molecule has 1 unspecified atom stereocenters. The molecule has 2 aliphatic rings. The van der Waals surface area contributed by atoms with Crippen LogP contribution in [0.3, 0.4) is 0 Å². The lowest BCUT2D eigenvalue weighted by atomic mass is 9.89. The Bertz CT molecular complexity index is 1700. The van der Waals surface area contributed by atoms with Crippen LogP contribution in [0.5, 0.6) is 0 Å². The summed E-state index contributed by atoms with van der Waals surface area (Å²) in [7, 11) is 1.75. The van der Waals surface area contributed by atoms with Gasteiger partial charge in [-0.25, -0.2) is 9.59 Å². The summed E-state index contributed by atoms with van der Waals surface area (Å²) in [6.45, 7) is 12.7. The number of esters is 1. The minimum Gasteiger partial charge on any atom is -0.456 e. The Kier molecular flexibility index (Phi) is 10.9. The Labute approximate surface area is 294 Å². The van der Waals surface area contributed by atoms with E-state index in [1.54, 1.807) is 102 Å². The van der Waals surface area contributed by atoms with E-state index in [0.717, 1.165) is 42.7 Å². The topological polar surface area (TPSA) is 127 Å². The molecule has 2 N–H and O–H groups in total. The SMILES string of the molecule is COC1CCN(c2cccc3c2CCN(C(=O)c2ccc(NC(=O)OC(C)(C)C)cc2)C3C(=O)Nc2ccc(C(=O)OC(C)(C)C)cc2)CC1. The van der Waals surface area contributed by atoms with Crippen molar-refractivity contribution in [2.24, 2.45) is 0 Å². The van der Waals surface area contributed by atoms with E-state index in [0.29, 0.717) is 35.5 Å². The standard InChI is InChI=1S/C39H48N4O7/c1-38(2,3)49-36(46)26-13-17-27(18-14-26)40-34(44)33-31-9-8-10-32(42-22-19-29(48-7)20-23-42)30(31)21-24-43(33)35(45)25-11-15-28(16-12-25)41-37(47)50-39(4,5)6/h8-18,29,33H,19-24H2,1-7H3,(H,40,44)(H,41,47). The number of nitrogens with zero attached hydrogens (tertiary/aromatic N) is 2. The average Bonchev–Trinajstić information content (AvgIpc) is 3.06. The molecule has 1 atom stereocenters. The van der Waals surface area contributed by atoms with Crippen molar-refractivity contribution >= 4 is 40.9 Å². The number of carbonyl (C=O) groups excluding carboxylic acids is 4. The molecule has 0 aliphatic carbocycles. The zero-order valence-corrected chi connectivity index (χ0v) is 30.0. The fraction of sp³-hybridized carbons (Fsp3) is 0.436. The van der Waals surface area contributed by atoms with Gasteiger partial charge in [0.25, 0.3) is 11.8 Å². The van der Waals surface area contributed by atoms with E-state index >= 15 is 0 Å². The van der Waals surface area contributed by atoms with Gasteiger partial charge < -0.3 is 29.3 Å². The van der Waals surface area contributed by atoms with Crippen molar-refractivity contribution in [3.8, 4) is 0 Å². The number of carbonyl (C=O) groups is 4. The van der Waals surface area contributed by atoms with Gasteiger partial charge in [-0.1, -0.05) is 12.1 Å². The first-order valence-corrected chi connectivity index (χ1v) is 17.1. The van der Waals surface area contributed by atoms with E-state index in [1.807, 2.05) is 12.1 Å². The van der Waals surface area contributed by atoms with E-state index in [2.05, 4.69) is 21.6 Å². The molecule has 0 radical (unpaired) electrons. The molecule has 2 aliphatic heterocycles. The van der Waals surface area contributed by atoms with Crippen molar-refractivity contribution in [1.82, 2.24) is 4.90 Å². The summed E-state index contributed by atoms with van der Waals surface area (Å²) in [5, 5.41) is 5.67. The highest BCUT2D eigenvalue weighted by molar-refractivity contribution is 6.03. The quantitative estimate of drug-likeness (QED) is 0.255. The summed E-state index contributed by atoms with van der Waals surface area (Å²) in [4.78, 5) is 57.2. The zero-order chi connectivity index (χ0) is 36.2. The summed E-state index contributed by atoms with van der Waals surface area (Å²) in [6, 6.07) is 18.1. The van der Waals surface area contributed by atoms with E-state index in [1.165, 1.54) is 0 Å². The predicted octanol–water partition coefficient (Wildman–Crippen LogP) is 6.98. The van der Waals surface area contributed by atoms with Crippen LogP contribution in [0.1, 0.15) is 92.3 Å². The first-order valence-electron chi connectivity index (χ1n) is 17.1. The van der Waals surface area contributed by atoms with Crippen LogP contribution in [0, 0.1) is 0 Å². The Morgan fingerprint density at radius 3 is 1.88 bits per heavy atom. The maximum Gasteiger partial charge on any atom is 0.412 e. The minimum absolute atomic E-state index is 0.227. The molecule has 0 bridgehead atoms. The molecule has 5 rings (SSSR count). The number of fused-ring (bicyclic) bond motifs is 1. The van der Waals surface area contributed by atoms with Gasteiger partial charge in [0.15, 0.2) is 0 Å². The average molecular weight is 685 g/mol. The number of benzene rings is 3. The number of nitrogens with one attached hydrogen (secondary N) is 2. The van der Waals surface area contributed by atoms with Crippen LogP contribution in [0.4, 0.5) is 21.9 Å². The lowest BCUT2D eigenvalue weighted by Crippen LogP contribution is -2.46. The Morgan fingerprint density at radius 2 is 1.30 bits per heavy atom. The van der Waals surface area contributed by atoms with E-state index < -0.39 is 29.3 Å². The molecular formula is C39H48N4O7. The third kappa shape index (κ3) is 9.01. The van der Waals surface area contributed by atoms with Crippen LogP contribution in [-0.2, 0) is 25.4 Å². The maximum atomic E-state index is 14.3. The van der Waals surface area contributed by atoms with Gasteiger partial charge in [0.2, 0.25) is 0 Å². The van der Waals surface area contributed by atoms with Gasteiger partial charge in [-0.05, 0) is 127 Å². The minimum atomic E-state index is -0.923. The van der Waals surface area contributed by atoms with Gasteiger partial charge in [0, 0.05) is 49.4 Å². The van der Waals surface area contributed by atoms with Crippen molar-refractivity contribution in [2.75, 3.05) is 42.3 Å². The highest BCUT2D eigenvalue weighted by Gasteiger charge is 2.38. The molecular weight excluding hydrogens is 636 g/mol. The first kappa shape index (κ1) is 36.4. The van der Waals surface area contributed by atoms with Crippen LogP contribution in [0.25, 0.3) is 0 Å². The second-order valence-electron chi connectivity index (χ2n) is 14.7. The van der Waals surface area contributed by atoms with Crippen molar-refractivity contribution in [2.45, 2.75) is 84.2 Å². The molecule has 266 valence electrons. The van der Waals surface area contributed by atoms with Crippen molar-refractivity contribution in [3.63, 3.8) is 0 Å². The maximum absolute atomic E-state index is 14.3. The molecule has 2 heterocycles. The fourth-order valence-electron chi connectivity index (χ4n) is 6.30. The van der Waals surface area contributed by atoms with Gasteiger partial charge in [0.05, 0.1) is 11.7 Å². The van der Waals surface area contributed by atoms with Crippen LogP contribution in [0.2, 0.25) is 0 Å². The van der Waals surface area contributed by atoms with Crippen molar-refractivity contribution in [3.05, 3.63) is 89.0 Å². The summed E-state index contributed by atoms with van der Waals surface area (Å²) in [6.07, 6.45) is 2.03. The zero-order valence-electron chi connectivity index (χ0n) is 30.0. The third-order valence-corrected chi connectivity index (χ3v) is 8.59. The van der Waals surface area contributed by atoms with Gasteiger partial charge in [-0.15, -0.1) is 0 Å². The van der Waals surface area contributed by atoms with Gasteiger partial charge in [0.1, 0.15) is 17.2 Å². The third-order valence-electron chi connectivity index (χ3n) is 8.59. The lowest BCUT2D eigenvalue weighted by molar-refractivity contribution is -0.121. The normalized spacial score (nSPS) is 16.7. The molecule has 11 nitrogen and oxygen atoms in total. The lowest BCUT2D eigenvalue weighted by Gasteiger charge is -2.40. The summed E-state index contributed by atoms with van der Waals surface area (Å²) in [5.41, 5.74) is 3.29. The number of amides is 3. The molecule has 11 heteroatoms. The molecule has 0 aromatic heterocycles. The van der Waals surface area contributed by atoms with Gasteiger partial charge in [-0.2, -0.15) is 0 Å². The predicted molar refractivity (Wildman–Crippen MR) is 193 cm³/mol. The molecule has 0 spiro atoms. The molecule has 3 amide bonds. The summed E-state index contributed by atoms with van der Waals surface area (Å²) in [5.74, 6) is -1.14. The molecule has 0 saturated carbocycles. The second-order valence-corrected chi connectivity index (χ2v) is 14.7. The monoisotopic (exact) mass is 684 g/mol.